The molecule has 0 spiro atoms. The molecule has 0 aromatic heterocycles. The van der Waals surface area contributed by atoms with Gasteiger partial charge in [0, 0.05) is 32.8 Å². The second-order valence-corrected chi connectivity index (χ2v) is 5.89. The largest absolute Gasteiger partial charge is 0.380 e. The van der Waals surface area contributed by atoms with E-state index in [0.29, 0.717) is 17.6 Å². The van der Waals surface area contributed by atoms with Crippen molar-refractivity contribution in [3.63, 3.8) is 0 Å². The molecule has 17 heavy (non-hydrogen) atoms. The Balaban J connectivity index is 1.65. The highest BCUT2D eigenvalue weighted by molar-refractivity contribution is 4.88. The topological polar surface area (TPSA) is 33.3 Å². The number of methoxy groups -OCH3 is 1. The molecule has 100 valence electrons. The third-order valence-electron chi connectivity index (χ3n) is 4.82. The molecule has 0 amide bonds. The maximum absolute atomic E-state index is 5.37. The molecular weight excluding hydrogens is 212 g/mol. The van der Waals surface area contributed by atoms with Crippen molar-refractivity contribution in [3.05, 3.63) is 0 Å². The van der Waals surface area contributed by atoms with Crippen LogP contribution in [0.15, 0.2) is 0 Å². The first kappa shape index (κ1) is 13.3. The van der Waals surface area contributed by atoms with E-state index in [4.69, 9.17) is 4.74 Å². The minimum Gasteiger partial charge on any atom is -0.380 e. The summed E-state index contributed by atoms with van der Waals surface area (Å²) in [7, 11) is 1.81. The lowest BCUT2D eigenvalue weighted by Crippen LogP contribution is -2.39. The molecule has 2 atom stereocenters. The van der Waals surface area contributed by atoms with Gasteiger partial charge in [0.2, 0.25) is 0 Å². The van der Waals surface area contributed by atoms with Crippen molar-refractivity contribution < 1.29 is 4.74 Å². The number of nitrogens with one attached hydrogen (secondary N) is 2. The van der Waals surface area contributed by atoms with Crippen molar-refractivity contribution in [1.29, 1.82) is 0 Å². The van der Waals surface area contributed by atoms with Gasteiger partial charge in [0.15, 0.2) is 0 Å². The van der Waals surface area contributed by atoms with Gasteiger partial charge in [0.05, 0.1) is 6.10 Å². The molecule has 0 bridgehead atoms. The van der Waals surface area contributed by atoms with Crippen LogP contribution in [0.5, 0.6) is 0 Å². The van der Waals surface area contributed by atoms with Crippen LogP contribution in [0.3, 0.4) is 0 Å². The van der Waals surface area contributed by atoms with Crippen LogP contribution < -0.4 is 10.6 Å². The molecule has 1 saturated heterocycles. The molecule has 0 aromatic carbocycles. The number of hydrogen-bond acceptors (Lipinski definition) is 3. The van der Waals surface area contributed by atoms with Gasteiger partial charge in [-0.3, -0.25) is 0 Å². The van der Waals surface area contributed by atoms with E-state index in [2.05, 4.69) is 17.6 Å². The fourth-order valence-electron chi connectivity index (χ4n) is 3.41. The molecule has 1 aliphatic heterocycles. The Labute approximate surface area is 106 Å². The molecule has 2 rings (SSSR count). The zero-order valence-electron chi connectivity index (χ0n) is 11.4. The predicted octanol–water partition coefficient (Wildman–Crippen LogP) is 1.92. The number of hydrogen-bond donors (Lipinski definition) is 2. The average Bonchev–Trinajstić information content (AvgIpc) is 2.98. The maximum Gasteiger partial charge on any atom is 0.0711 e. The Bertz CT molecular complexity index is 226. The normalized spacial score (nSPS) is 32.1. The van der Waals surface area contributed by atoms with Crippen LogP contribution in [0.2, 0.25) is 0 Å². The van der Waals surface area contributed by atoms with Crippen molar-refractivity contribution in [2.45, 2.75) is 57.6 Å². The number of rotatable bonds is 6. The zero-order valence-corrected chi connectivity index (χ0v) is 11.4. The fraction of sp³-hybridized carbons (Fsp3) is 1.00. The smallest absolute Gasteiger partial charge is 0.0711 e. The monoisotopic (exact) mass is 240 g/mol. The van der Waals surface area contributed by atoms with E-state index >= 15 is 0 Å². The van der Waals surface area contributed by atoms with Crippen molar-refractivity contribution in [1.82, 2.24) is 10.6 Å². The molecule has 1 saturated carbocycles. The van der Waals surface area contributed by atoms with Gasteiger partial charge < -0.3 is 15.4 Å². The molecule has 1 heterocycles. The quantitative estimate of drug-likeness (QED) is 0.744. The van der Waals surface area contributed by atoms with E-state index in [0.717, 1.165) is 19.5 Å². The lowest BCUT2D eigenvalue weighted by atomic mass is 9.83. The molecule has 2 N–H and O–H groups in total. The Kier molecular flexibility index (Phi) is 4.83. The molecule has 3 nitrogen and oxygen atoms in total. The van der Waals surface area contributed by atoms with Crippen molar-refractivity contribution >= 4 is 0 Å². The molecule has 0 aromatic rings. The lowest BCUT2D eigenvalue weighted by molar-refractivity contribution is 0.117. The van der Waals surface area contributed by atoms with Gasteiger partial charge in [-0.2, -0.15) is 0 Å². The van der Waals surface area contributed by atoms with Crippen LogP contribution in [-0.2, 0) is 4.74 Å². The second-order valence-electron chi connectivity index (χ2n) is 5.89. The first-order valence-electron chi connectivity index (χ1n) is 7.25. The third kappa shape index (κ3) is 3.43. The van der Waals surface area contributed by atoms with Crippen molar-refractivity contribution in [3.8, 4) is 0 Å². The zero-order chi connectivity index (χ0) is 12.1. The summed E-state index contributed by atoms with van der Waals surface area (Å²) < 4.78 is 5.37. The number of ether oxygens (including phenoxy) is 1. The van der Waals surface area contributed by atoms with Crippen molar-refractivity contribution in [2.24, 2.45) is 5.41 Å². The second kappa shape index (κ2) is 6.17. The summed E-state index contributed by atoms with van der Waals surface area (Å²) >= 11 is 0. The van der Waals surface area contributed by atoms with Crippen LogP contribution >= 0.6 is 0 Å². The maximum atomic E-state index is 5.37. The summed E-state index contributed by atoms with van der Waals surface area (Å²) in [5.41, 5.74) is 0.610. The van der Waals surface area contributed by atoms with E-state index in [-0.39, 0.29) is 0 Å². The van der Waals surface area contributed by atoms with E-state index in [1.165, 1.54) is 38.6 Å². The third-order valence-corrected chi connectivity index (χ3v) is 4.82. The van der Waals surface area contributed by atoms with E-state index in [9.17, 15) is 0 Å². The van der Waals surface area contributed by atoms with Crippen LogP contribution in [0.4, 0.5) is 0 Å². The summed E-state index contributed by atoms with van der Waals surface area (Å²) in [5.74, 6) is 0. The van der Waals surface area contributed by atoms with E-state index in [1.54, 1.807) is 0 Å². The molecule has 2 aliphatic rings. The summed E-state index contributed by atoms with van der Waals surface area (Å²) in [4.78, 5) is 0. The molecular formula is C14H28N2O. The Morgan fingerprint density at radius 2 is 2.12 bits per heavy atom. The van der Waals surface area contributed by atoms with Gasteiger partial charge in [0.1, 0.15) is 0 Å². The molecule has 2 fully saturated rings. The van der Waals surface area contributed by atoms with Crippen LogP contribution in [-0.4, -0.2) is 38.9 Å². The van der Waals surface area contributed by atoms with Crippen molar-refractivity contribution in [2.75, 3.05) is 26.7 Å². The summed E-state index contributed by atoms with van der Waals surface area (Å²) in [6.45, 7) is 5.67. The summed E-state index contributed by atoms with van der Waals surface area (Å²) in [6.07, 6.45) is 8.63. The highest BCUT2D eigenvalue weighted by atomic mass is 16.5. The average molecular weight is 240 g/mol. The minimum atomic E-state index is 0.424. The minimum absolute atomic E-state index is 0.424. The van der Waals surface area contributed by atoms with Gasteiger partial charge in [-0.05, 0) is 31.1 Å². The molecule has 0 radical (unpaired) electrons. The van der Waals surface area contributed by atoms with E-state index < -0.39 is 0 Å². The highest BCUT2D eigenvalue weighted by Gasteiger charge is 2.32. The fourth-order valence-corrected chi connectivity index (χ4v) is 3.41. The molecule has 3 heteroatoms. The summed E-state index contributed by atoms with van der Waals surface area (Å²) in [6, 6.07) is 0.607. The first-order chi connectivity index (χ1) is 8.28. The van der Waals surface area contributed by atoms with Gasteiger partial charge in [-0.15, -0.1) is 0 Å². The Morgan fingerprint density at radius 1 is 1.35 bits per heavy atom. The van der Waals surface area contributed by atoms with Gasteiger partial charge in [0.25, 0.3) is 0 Å². The van der Waals surface area contributed by atoms with E-state index in [1.807, 2.05) is 7.11 Å². The molecule has 1 aliphatic carbocycles. The SMILES string of the molecule is CCC1(CNCC2CC(OC)CN2)CCCC1. The standard InChI is InChI=1S/C14H28N2O/c1-3-14(6-4-5-7-14)11-15-9-12-8-13(17-2)10-16-12/h12-13,15-16H,3-11H2,1-2H3. The van der Waals surface area contributed by atoms with Crippen LogP contribution in [0.1, 0.15) is 45.4 Å². The predicted molar refractivity (Wildman–Crippen MR) is 71.3 cm³/mol. The molecule has 2 unspecified atom stereocenters. The first-order valence-corrected chi connectivity index (χ1v) is 7.25. The highest BCUT2D eigenvalue weighted by Crippen LogP contribution is 2.40. The Hall–Kier alpha value is -0.120. The lowest BCUT2D eigenvalue weighted by Gasteiger charge is -2.28. The Morgan fingerprint density at radius 3 is 2.71 bits per heavy atom. The van der Waals surface area contributed by atoms with Gasteiger partial charge >= 0.3 is 0 Å². The summed E-state index contributed by atoms with van der Waals surface area (Å²) in [5, 5.41) is 7.21. The van der Waals surface area contributed by atoms with Gasteiger partial charge in [-0.25, -0.2) is 0 Å². The van der Waals surface area contributed by atoms with Crippen LogP contribution in [0.25, 0.3) is 0 Å². The van der Waals surface area contributed by atoms with Gasteiger partial charge in [-0.1, -0.05) is 19.8 Å². The van der Waals surface area contributed by atoms with Crippen LogP contribution in [0, 0.1) is 5.41 Å².